The van der Waals surface area contributed by atoms with E-state index < -0.39 is 12.0 Å². The Morgan fingerprint density at radius 3 is 2.71 bits per heavy atom. The molecule has 1 aromatic heterocycles. The molecule has 1 heterocycles. The summed E-state index contributed by atoms with van der Waals surface area (Å²) in [4.78, 5) is 4.05. The fourth-order valence-electron chi connectivity index (χ4n) is 0.950. The molecule has 0 aromatic carbocycles. The number of nitriles is 1. The van der Waals surface area contributed by atoms with Crippen LogP contribution < -0.4 is 0 Å². The molecule has 0 bridgehead atoms. The Morgan fingerprint density at radius 2 is 2.21 bits per heavy atom. The van der Waals surface area contributed by atoms with E-state index in [-0.39, 0.29) is 0 Å². The van der Waals surface area contributed by atoms with Crippen LogP contribution in [0.2, 0.25) is 0 Å². The smallest absolute Gasteiger partial charge is 0.113 e. The summed E-state index contributed by atoms with van der Waals surface area (Å²) < 4.78 is 1.52. The number of aromatic nitrogens is 1. The van der Waals surface area contributed by atoms with Crippen LogP contribution in [0.25, 0.3) is 0 Å². The van der Waals surface area contributed by atoms with Crippen LogP contribution in [0.1, 0.15) is 18.7 Å². The molecule has 0 spiro atoms. The third-order valence-corrected chi connectivity index (χ3v) is 2.86. The molecule has 1 rings (SSSR count). The van der Waals surface area contributed by atoms with Crippen molar-refractivity contribution < 1.29 is 5.11 Å². The highest BCUT2D eigenvalue weighted by atomic mass is 79.9. The van der Waals surface area contributed by atoms with Gasteiger partial charge in [0.25, 0.3) is 0 Å². The quantitative estimate of drug-likeness (QED) is 0.912. The topological polar surface area (TPSA) is 56.9 Å². The number of nitrogens with zero attached hydrogens (tertiary/aromatic N) is 2. The second-order valence-corrected chi connectivity index (χ2v) is 4.65. The van der Waals surface area contributed by atoms with Gasteiger partial charge in [-0.2, -0.15) is 5.26 Å². The van der Waals surface area contributed by atoms with E-state index >= 15 is 0 Å². The molecule has 0 radical (unpaired) electrons. The first-order chi connectivity index (χ1) is 6.56. The molecule has 0 aliphatic rings. The summed E-state index contributed by atoms with van der Waals surface area (Å²) in [6, 6.07) is 3.77. The SMILES string of the molecule is CC(C#N)C(O)c1ncc(Br)cc1Br. The van der Waals surface area contributed by atoms with Gasteiger partial charge in [-0.05, 0) is 44.8 Å². The predicted octanol–water partition coefficient (Wildman–Crippen LogP) is 2.80. The lowest BCUT2D eigenvalue weighted by Gasteiger charge is -2.13. The maximum absolute atomic E-state index is 9.73. The number of aliphatic hydroxyl groups excluding tert-OH is 1. The number of hydrogen-bond acceptors (Lipinski definition) is 3. The standard InChI is InChI=1S/C9H8Br2N2O/c1-5(3-12)9(14)8-7(11)2-6(10)4-13-8/h2,4-5,9,14H,1H3. The summed E-state index contributed by atoms with van der Waals surface area (Å²) in [7, 11) is 0. The van der Waals surface area contributed by atoms with Crippen molar-refractivity contribution in [3.8, 4) is 6.07 Å². The van der Waals surface area contributed by atoms with Gasteiger partial charge in [-0.15, -0.1) is 0 Å². The van der Waals surface area contributed by atoms with E-state index in [0.29, 0.717) is 10.2 Å². The molecule has 0 fully saturated rings. The van der Waals surface area contributed by atoms with E-state index in [1.54, 1.807) is 19.2 Å². The zero-order valence-electron chi connectivity index (χ0n) is 7.41. The Kier molecular flexibility index (Phi) is 4.05. The van der Waals surface area contributed by atoms with Crippen molar-refractivity contribution in [1.29, 1.82) is 5.26 Å². The average molecular weight is 320 g/mol. The van der Waals surface area contributed by atoms with Crippen LogP contribution in [0.3, 0.4) is 0 Å². The predicted molar refractivity (Wildman–Crippen MR) is 59.4 cm³/mol. The van der Waals surface area contributed by atoms with E-state index in [0.717, 1.165) is 4.47 Å². The van der Waals surface area contributed by atoms with Gasteiger partial charge in [0.15, 0.2) is 0 Å². The highest BCUT2D eigenvalue weighted by Crippen LogP contribution is 2.28. The van der Waals surface area contributed by atoms with E-state index in [1.807, 2.05) is 6.07 Å². The minimum absolute atomic E-state index is 0.472. The first-order valence-corrected chi connectivity index (χ1v) is 5.53. The van der Waals surface area contributed by atoms with Gasteiger partial charge in [0.05, 0.1) is 17.7 Å². The van der Waals surface area contributed by atoms with Gasteiger partial charge in [0.2, 0.25) is 0 Å². The number of aliphatic hydroxyl groups is 1. The first-order valence-electron chi connectivity index (χ1n) is 3.95. The summed E-state index contributed by atoms with van der Waals surface area (Å²) in [5.41, 5.74) is 0.488. The molecule has 0 amide bonds. The van der Waals surface area contributed by atoms with Crippen LogP contribution in [0.4, 0.5) is 0 Å². The molecule has 14 heavy (non-hydrogen) atoms. The van der Waals surface area contributed by atoms with Crippen molar-refractivity contribution in [2.24, 2.45) is 5.92 Å². The van der Waals surface area contributed by atoms with E-state index in [2.05, 4.69) is 36.8 Å². The van der Waals surface area contributed by atoms with Crippen molar-refractivity contribution in [3.63, 3.8) is 0 Å². The highest BCUT2D eigenvalue weighted by Gasteiger charge is 2.19. The molecular formula is C9H8Br2N2O. The maximum Gasteiger partial charge on any atom is 0.113 e. The lowest BCUT2D eigenvalue weighted by molar-refractivity contribution is 0.137. The van der Waals surface area contributed by atoms with Crippen molar-refractivity contribution in [2.45, 2.75) is 13.0 Å². The van der Waals surface area contributed by atoms with Gasteiger partial charge in [-0.25, -0.2) is 0 Å². The Labute approximate surface area is 99.0 Å². The van der Waals surface area contributed by atoms with Gasteiger partial charge in [0.1, 0.15) is 6.10 Å². The second kappa shape index (κ2) is 4.87. The average Bonchev–Trinajstić information content (AvgIpc) is 2.15. The molecular weight excluding hydrogens is 312 g/mol. The number of hydrogen-bond donors (Lipinski definition) is 1. The lowest BCUT2D eigenvalue weighted by atomic mass is 10.0. The third-order valence-electron chi connectivity index (χ3n) is 1.79. The number of halogens is 2. The van der Waals surface area contributed by atoms with Crippen LogP contribution in [-0.2, 0) is 0 Å². The van der Waals surface area contributed by atoms with Crippen molar-refractivity contribution in [3.05, 3.63) is 26.9 Å². The Morgan fingerprint density at radius 1 is 1.57 bits per heavy atom. The number of rotatable bonds is 2. The van der Waals surface area contributed by atoms with Crippen LogP contribution in [-0.4, -0.2) is 10.1 Å². The molecule has 1 N–H and O–H groups in total. The summed E-state index contributed by atoms with van der Waals surface area (Å²) in [6.45, 7) is 1.65. The first kappa shape index (κ1) is 11.6. The molecule has 2 unspecified atom stereocenters. The number of pyridine rings is 1. The minimum atomic E-state index is -0.859. The van der Waals surface area contributed by atoms with Crippen molar-refractivity contribution >= 4 is 31.9 Å². The summed E-state index contributed by atoms with van der Waals surface area (Å²) in [5, 5.41) is 18.4. The molecule has 0 saturated carbocycles. The molecule has 74 valence electrons. The Balaban J connectivity index is 3.03. The molecule has 2 atom stereocenters. The van der Waals surface area contributed by atoms with Crippen molar-refractivity contribution in [2.75, 3.05) is 0 Å². The fraction of sp³-hybridized carbons (Fsp3) is 0.333. The van der Waals surface area contributed by atoms with Gasteiger partial charge >= 0.3 is 0 Å². The third kappa shape index (κ3) is 2.53. The molecule has 1 aromatic rings. The summed E-state index contributed by atoms with van der Waals surface area (Å²) in [5.74, 6) is -0.472. The normalized spacial score (nSPS) is 14.5. The molecule has 3 nitrogen and oxygen atoms in total. The van der Waals surface area contributed by atoms with E-state index in [1.165, 1.54) is 0 Å². The molecule has 5 heteroatoms. The monoisotopic (exact) mass is 318 g/mol. The van der Waals surface area contributed by atoms with E-state index in [4.69, 9.17) is 5.26 Å². The molecule has 0 saturated heterocycles. The van der Waals surface area contributed by atoms with Crippen LogP contribution in [0.5, 0.6) is 0 Å². The second-order valence-electron chi connectivity index (χ2n) is 2.88. The summed E-state index contributed by atoms with van der Waals surface area (Å²) >= 11 is 6.54. The van der Waals surface area contributed by atoms with Crippen LogP contribution in [0.15, 0.2) is 21.2 Å². The molecule has 0 aliphatic carbocycles. The fourth-order valence-corrected chi connectivity index (χ4v) is 2.17. The highest BCUT2D eigenvalue weighted by molar-refractivity contribution is 9.11. The summed E-state index contributed by atoms with van der Waals surface area (Å²) in [6.07, 6.45) is 0.732. The molecule has 0 aliphatic heterocycles. The van der Waals surface area contributed by atoms with Crippen molar-refractivity contribution in [1.82, 2.24) is 4.98 Å². The largest absolute Gasteiger partial charge is 0.385 e. The van der Waals surface area contributed by atoms with Gasteiger partial charge in [-0.3, -0.25) is 4.98 Å². The van der Waals surface area contributed by atoms with E-state index in [9.17, 15) is 5.11 Å². The zero-order chi connectivity index (χ0) is 10.7. The maximum atomic E-state index is 9.73. The minimum Gasteiger partial charge on any atom is -0.385 e. The zero-order valence-corrected chi connectivity index (χ0v) is 10.6. The van der Waals surface area contributed by atoms with Gasteiger partial charge in [0, 0.05) is 15.1 Å². The van der Waals surface area contributed by atoms with Crippen LogP contribution >= 0.6 is 31.9 Å². The Hall–Kier alpha value is -0.440. The lowest BCUT2D eigenvalue weighted by Crippen LogP contribution is -2.09. The Bertz CT molecular complexity index is 376. The van der Waals surface area contributed by atoms with Gasteiger partial charge in [-0.1, -0.05) is 0 Å². The van der Waals surface area contributed by atoms with Crippen LogP contribution in [0, 0.1) is 17.2 Å². The van der Waals surface area contributed by atoms with Gasteiger partial charge < -0.3 is 5.11 Å².